The zero-order chi connectivity index (χ0) is 10.2. The molecule has 1 aromatic rings. The molecule has 1 amide bonds. The standard InChI is InChI=1S/C10H13N3O/c11-7-4-8-12-13-10(14)9-5-2-1-3-6-9/h1-3,5-6,8H,4,7,11H2,(H,13,14). The fourth-order valence-electron chi connectivity index (χ4n) is 0.897. The molecule has 0 atom stereocenters. The smallest absolute Gasteiger partial charge is 0.271 e. The van der Waals surface area contributed by atoms with Crippen molar-refractivity contribution in [3.8, 4) is 0 Å². The lowest BCUT2D eigenvalue weighted by molar-refractivity contribution is 0.0955. The normalized spacial score (nSPS) is 10.4. The summed E-state index contributed by atoms with van der Waals surface area (Å²) in [5.74, 6) is -0.209. The highest BCUT2D eigenvalue weighted by atomic mass is 16.2. The predicted molar refractivity (Wildman–Crippen MR) is 56.1 cm³/mol. The fraction of sp³-hybridized carbons (Fsp3) is 0.200. The number of hydrogen-bond donors (Lipinski definition) is 2. The summed E-state index contributed by atoms with van der Waals surface area (Å²) in [5.41, 5.74) is 8.26. The van der Waals surface area contributed by atoms with Gasteiger partial charge in [-0.1, -0.05) is 18.2 Å². The van der Waals surface area contributed by atoms with E-state index in [0.29, 0.717) is 18.5 Å². The van der Waals surface area contributed by atoms with Gasteiger partial charge in [-0.25, -0.2) is 5.43 Å². The number of hydrogen-bond acceptors (Lipinski definition) is 3. The third-order valence-corrected chi connectivity index (χ3v) is 1.59. The number of nitrogens with two attached hydrogens (primary N) is 1. The SMILES string of the molecule is NCCC=NNC(=O)c1ccccc1. The van der Waals surface area contributed by atoms with Crippen LogP contribution in [0.3, 0.4) is 0 Å². The van der Waals surface area contributed by atoms with Crippen LogP contribution in [0.1, 0.15) is 16.8 Å². The molecule has 1 aromatic carbocycles. The number of carbonyl (C=O) groups excluding carboxylic acids is 1. The van der Waals surface area contributed by atoms with Crippen LogP contribution < -0.4 is 11.2 Å². The Morgan fingerprint density at radius 3 is 2.79 bits per heavy atom. The maximum atomic E-state index is 11.4. The summed E-state index contributed by atoms with van der Waals surface area (Å²) in [7, 11) is 0. The number of rotatable bonds is 4. The van der Waals surface area contributed by atoms with Gasteiger partial charge in [0.1, 0.15) is 0 Å². The van der Waals surface area contributed by atoms with Gasteiger partial charge in [-0.05, 0) is 25.1 Å². The van der Waals surface area contributed by atoms with E-state index in [-0.39, 0.29) is 5.91 Å². The quantitative estimate of drug-likeness (QED) is 0.544. The zero-order valence-corrected chi connectivity index (χ0v) is 7.81. The third-order valence-electron chi connectivity index (χ3n) is 1.59. The van der Waals surface area contributed by atoms with Crippen LogP contribution >= 0.6 is 0 Å². The number of carbonyl (C=O) groups is 1. The Balaban J connectivity index is 2.44. The molecule has 1 rings (SSSR count). The molecule has 0 saturated heterocycles. The Labute approximate surface area is 82.8 Å². The molecule has 4 nitrogen and oxygen atoms in total. The Hall–Kier alpha value is -1.68. The molecule has 4 heteroatoms. The lowest BCUT2D eigenvalue weighted by Crippen LogP contribution is -2.17. The van der Waals surface area contributed by atoms with Crippen LogP contribution in [0.5, 0.6) is 0 Å². The van der Waals surface area contributed by atoms with Crippen molar-refractivity contribution in [1.29, 1.82) is 0 Å². The van der Waals surface area contributed by atoms with Gasteiger partial charge in [-0.2, -0.15) is 5.10 Å². The first kappa shape index (κ1) is 10.4. The van der Waals surface area contributed by atoms with Gasteiger partial charge in [0.2, 0.25) is 0 Å². The Morgan fingerprint density at radius 1 is 1.43 bits per heavy atom. The summed E-state index contributed by atoms with van der Waals surface area (Å²) in [5, 5.41) is 3.73. The lowest BCUT2D eigenvalue weighted by Gasteiger charge is -1.97. The van der Waals surface area contributed by atoms with Crippen LogP contribution in [-0.2, 0) is 0 Å². The van der Waals surface area contributed by atoms with E-state index in [4.69, 9.17) is 5.73 Å². The largest absolute Gasteiger partial charge is 0.330 e. The first-order valence-corrected chi connectivity index (χ1v) is 4.41. The van der Waals surface area contributed by atoms with E-state index >= 15 is 0 Å². The Kier molecular flexibility index (Phi) is 4.37. The van der Waals surface area contributed by atoms with Gasteiger partial charge in [0.05, 0.1) is 0 Å². The van der Waals surface area contributed by atoms with Crippen LogP contribution in [0.2, 0.25) is 0 Å². The minimum Gasteiger partial charge on any atom is -0.330 e. The van der Waals surface area contributed by atoms with E-state index in [2.05, 4.69) is 10.5 Å². The van der Waals surface area contributed by atoms with Crippen molar-refractivity contribution >= 4 is 12.1 Å². The summed E-state index contributed by atoms with van der Waals surface area (Å²) in [4.78, 5) is 11.4. The first-order valence-electron chi connectivity index (χ1n) is 4.41. The average Bonchev–Trinajstić information content (AvgIpc) is 2.25. The second-order valence-electron chi connectivity index (χ2n) is 2.70. The van der Waals surface area contributed by atoms with E-state index in [1.54, 1.807) is 30.5 Å². The second-order valence-corrected chi connectivity index (χ2v) is 2.70. The predicted octanol–water partition coefficient (Wildman–Crippen LogP) is 0.751. The highest BCUT2D eigenvalue weighted by molar-refractivity contribution is 5.94. The van der Waals surface area contributed by atoms with Crippen molar-refractivity contribution in [2.24, 2.45) is 10.8 Å². The van der Waals surface area contributed by atoms with Gasteiger partial charge >= 0.3 is 0 Å². The molecule has 14 heavy (non-hydrogen) atoms. The summed E-state index contributed by atoms with van der Waals surface area (Å²) >= 11 is 0. The average molecular weight is 191 g/mol. The third kappa shape index (κ3) is 3.37. The van der Waals surface area contributed by atoms with Crippen molar-refractivity contribution in [3.63, 3.8) is 0 Å². The van der Waals surface area contributed by atoms with Crippen molar-refractivity contribution in [1.82, 2.24) is 5.43 Å². The molecule has 3 N–H and O–H groups in total. The van der Waals surface area contributed by atoms with E-state index in [0.717, 1.165) is 0 Å². The fourth-order valence-corrected chi connectivity index (χ4v) is 0.897. The number of benzene rings is 1. The molecule has 0 heterocycles. The molecule has 0 bridgehead atoms. The van der Waals surface area contributed by atoms with Gasteiger partial charge in [0, 0.05) is 11.8 Å². The summed E-state index contributed by atoms with van der Waals surface area (Å²) < 4.78 is 0. The minimum absolute atomic E-state index is 0.209. The number of nitrogens with zero attached hydrogens (tertiary/aromatic N) is 1. The molecular formula is C10H13N3O. The van der Waals surface area contributed by atoms with E-state index in [1.807, 2.05) is 6.07 Å². The second kappa shape index (κ2) is 5.88. The molecule has 0 aliphatic carbocycles. The van der Waals surface area contributed by atoms with Crippen LogP contribution in [0, 0.1) is 0 Å². The van der Waals surface area contributed by atoms with Crippen molar-refractivity contribution in [2.75, 3.05) is 6.54 Å². The number of hydrazone groups is 1. The summed E-state index contributed by atoms with van der Waals surface area (Å²) in [6.07, 6.45) is 2.25. The van der Waals surface area contributed by atoms with Gasteiger partial charge in [-0.15, -0.1) is 0 Å². The van der Waals surface area contributed by atoms with Crippen LogP contribution in [0.15, 0.2) is 35.4 Å². The van der Waals surface area contributed by atoms with E-state index in [9.17, 15) is 4.79 Å². The van der Waals surface area contributed by atoms with Crippen molar-refractivity contribution in [2.45, 2.75) is 6.42 Å². The highest BCUT2D eigenvalue weighted by Crippen LogP contribution is 1.97. The highest BCUT2D eigenvalue weighted by Gasteiger charge is 2.00. The maximum Gasteiger partial charge on any atom is 0.271 e. The molecule has 0 spiro atoms. The molecule has 0 unspecified atom stereocenters. The van der Waals surface area contributed by atoms with E-state index in [1.165, 1.54) is 0 Å². The summed E-state index contributed by atoms with van der Waals surface area (Å²) in [6, 6.07) is 8.92. The zero-order valence-electron chi connectivity index (χ0n) is 7.81. The molecule has 0 aliphatic rings. The van der Waals surface area contributed by atoms with Gasteiger partial charge in [0.15, 0.2) is 0 Å². The minimum atomic E-state index is -0.209. The summed E-state index contributed by atoms with van der Waals surface area (Å²) in [6.45, 7) is 0.532. The van der Waals surface area contributed by atoms with Crippen LogP contribution in [0.4, 0.5) is 0 Å². The first-order chi connectivity index (χ1) is 6.84. The lowest BCUT2D eigenvalue weighted by atomic mass is 10.2. The van der Waals surface area contributed by atoms with E-state index < -0.39 is 0 Å². The molecule has 0 fully saturated rings. The van der Waals surface area contributed by atoms with Crippen molar-refractivity contribution < 1.29 is 4.79 Å². The molecular weight excluding hydrogens is 178 g/mol. The molecule has 0 radical (unpaired) electrons. The monoisotopic (exact) mass is 191 g/mol. The number of amides is 1. The van der Waals surface area contributed by atoms with Gasteiger partial charge in [-0.3, -0.25) is 4.79 Å². The van der Waals surface area contributed by atoms with Gasteiger partial charge < -0.3 is 5.73 Å². The van der Waals surface area contributed by atoms with Crippen molar-refractivity contribution in [3.05, 3.63) is 35.9 Å². The molecule has 0 aromatic heterocycles. The Bertz CT molecular complexity index is 308. The van der Waals surface area contributed by atoms with Crippen LogP contribution in [0.25, 0.3) is 0 Å². The maximum absolute atomic E-state index is 11.4. The topological polar surface area (TPSA) is 67.5 Å². The Morgan fingerprint density at radius 2 is 2.14 bits per heavy atom. The molecule has 0 aliphatic heterocycles. The number of nitrogens with one attached hydrogen (secondary N) is 1. The molecule has 74 valence electrons. The van der Waals surface area contributed by atoms with Gasteiger partial charge in [0.25, 0.3) is 5.91 Å². The molecule has 0 saturated carbocycles. The van der Waals surface area contributed by atoms with Crippen LogP contribution in [-0.4, -0.2) is 18.7 Å².